The maximum Gasteiger partial charge on any atom is 0.315 e. The normalized spacial score (nSPS) is 23.0. The van der Waals surface area contributed by atoms with E-state index in [1.807, 2.05) is 20.0 Å². The highest BCUT2D eigenvalue weighted by molar-refractivity contribution is 7.11. The van der Waals surface area contributed by atoms with Crippen LogP contribution in [0.4, 0.5) is 4.79 Å². The van der Waals surface area contributed by atoms with E-state index in [-0.39, 0.29) is 23.3 Å². The molecule has 2 heterocycles. The molecule has 118 valence electrons. The molecule has 1 saturated heterocycles. The Morgan fingerprint density at radius 1 is 1.48 bits per heavy atom. The fourth-order valence-corrected chi connectivity index (χ4v) is 3.55. The topological polar surface area (TPSA) is 63.2 Å². The second kappa shape index (κ2) is 5.93. The predicted octanol–water partition coefficient (Wildman–Crippen LogP) is 2.85. The van der Waals surface area contributed by atoms with Crippen LogP contribution < -0.4 is 10.6 Å². The minimum atomic E-state index is -0.350. The van der Waals surface area contributed by atoms with E-state index >= 15 is 0 Å². The van der Waals surface area contributed by atoms with Crippen molar-refractivity contribution in [1.29, 1.82) is 0 Å². The van der Waals surface area contributed by atoms with Crippen LogP contribution in [0.25, 0.3) is 0 Å². The first kappa shape index (κ1) is 16.2. The van der Waals surface area contributed by atoms with Crippen LogP contribution in [-0.4, -0.2) is 28.3 Å². The third kappa shape index (κ3) is 4.17. The minimum Gasteiger partial charge on any atom is -0.367 e. The van der Waals surface area contributed by atoms with Crippen molar-refractivity contribution in [2.24, 2.45) is 0 Å². The number of urea groups is 1. The molecular formula is C15H25N3O2S. The van der Waals surface area contributed by atoms with Crippen molar-refractivity contribution in [1.82, 2.24) is 15.6 Å². The largest absolute Gasteiger partial charge is 0.367 e. The lowest BCUT2D eigenvalue weighted by Gasteiger charge is -2.27. The van der Waals surface area contributed by atoms with E-state index in [9.17, 15) is 4.79 Å². The van der Waals surface area contributed by atoms with Crippen molar-refractivity contribution in [3.8, 4) is 0 Å². The van der Waals surface area contributed by atoms with E-state index in [1.54, 1.807) is 11.3 Å². The Kier molecular flexibility index (Phi) is 4.58. The molecule has 0 spiro atoms. The van der Waals surface area contributed by atoms with Crippen LogP contribution in [-0.2, 0) is 17.7 Å². The summed E-state index contributed by atoms with van der Waals surface area (Å²) in [5, 5.41) is 6.82. The fraction of sp³-hybridized carbons (Fsp3) is 0.733. The molecule has 2 amide bonds. The van der Waals surface area contributed by atoms with Gasteiger partial charge in [0.05, 0.1) is 23.8 Å². The summed E-state index contributed by atoms with van der Waals surface area (Å²) in [5.74, 6) is 0. The molecule has 0 unspecified atom stereocenters. The number of hydrogen-bond acceptors (Lipinski definition) is 4. The molecule has 6 heteroatoms. The monoisotopic (exact) mass is 311 g/mol. The lowest BCUT2D eigenvalue weighted by Crippen LogP contribution is -2.49. The molecule has 0 radical (unpaired) electrons. The van der Waals surface area contributed by atoms with E-state index in [0.29, 0.717) is 6.54 Å². The van der Waals surface area contributed by atoms with Crippen molar-refractivity contribution in [2.75, 3.05) is 0 Å². The highest BCUT2D eigenvalue weighted by Crippen LogP contribution is 2.37. The summed E-state index contributed by atoms with van der Waals surface area (Å²) in [6.07, 6.45) is 3.66. The second-order valence-electron chi connectivity index (χ2n) is 6.62. The third-order valence-corrected chi connectivity index (χ3v) is 4.87. The van der Waals surface area contributed by atoms with E-state index < -0.39 is 0 Å². The molecule has 0 aliphatic carbocycles. The molecule has 1 aromatic rings. The number of aromatic nitrogens is 1. The third-order valence-electron chi connectivity index (χ3n) is 3.73. The van der Waals surface area contributed by atoms with Gasteiger partial charge in [-0.05, 0) is 40.5 Å². The first-order chi connectivity index (χ1) is 9.72. The van der Waals surface area contributed by atoms with E-state index in [4.69, 9.17) is 4.74 Å². The maximum atomic E-state index is 12.0. The van der Waals surface area contributed by atoms with E-state index in [0.717, 1.165) is 17.8 Å². The van der Waals surface area contributed by atoms with Gasteiger partial charge in [-0.1, -0.05) is 6.92 Å². The van der Waals surface area contributed by atoms with Crippen LogP contribution in [0.2, 0.25) is 0 Å². The Morgan fingerprint density at radius 2 is 2.19 bits per heavy atom. The number of carbonyl (C=O) groups is 1. The van der Waals surface area contributed by atoms with Crippen LogP contribution in [0.15, 0.2) is 6.20 Å². The number of hydrogen-bond donors (Lipinski definition) is 2. The second-order valence-corrected chi connectivity index (χ2v) is 7.82. The van der Waals surface area contributed by atoms with E-state index in [1.165, 1.54) is 4.88 Å². The average molecular weight is 311 g/mol. The number of aryl methyl sites for hydroxylation is 1. The molecule has 0 bridgehead atoms. The average Bonchev–Trinajstić information content (AvgIpc) is 2.89. The fourth-order valence-electron chi connectivity index (χ4n) is 2.75. The molecule has 5 nitrogen and oxygen atoms in total. The molecule has 1 atom stereocenters. The standard InChI is InChI=1S/C15H25N3O2S/c1-6-10-8-16-12(21-10)9-17-13(19)18-11-7-14(2,3)20-15(11,4)5/h8,11H,6-7,9H2,1-5H3,(H2,17,18,19)/t11-/m0/s1. The first-order valence-corrected chi connectivity index (χ1v) is 8.21. The smallest absolute Gasteiger partial charge is 0.315 e. The Balaban J connectivity index is 1.84. The van der Waals surface area contributed by atoms with Gasteiger partial charge in [-0.25, -0.2) is 9.78 Å². The number of rotatable bonds is 4. The summed E-state index contributed by atoms with van der Waals surface area (Å²) < 4.78 is 5.98. The van der Waals surface area contributed by atoms with Crippen LogP contribution in [0.1, 0.15) is 50.9 Å². The Bertz CT molecular complexity index is 511. The summed E-state index contributed by atoms with van der Waals surface area (Å²) in [7, 11) is 0. The molecule has 1 fully saturated rings. The predicted molar refractivity (Wildman–Crippen MR) is 84.5 cm³/mol. The summed E-state index contributed by atoms with van der Waals surface area (Å²) >= 11 is 1.64. The Morgan fingerprint density at radius 3 is 2.71 bits per heavy atom. The first-order valence-electron chi connectivity index (χ1n) is 7.40. The summed E-state index contributed by atoms with van der Waals surface area (Å²) in [6, 6.07) is -0.155. The molecular weight excluding hydrogens is 286 g/mol. The van der Waals surface area contributed by atoms with Crippen molar-refractivity contribution in [3.63, 3.8) is 0 Å². The lowest BCUT2D eigenvalue weighted by molar-refractivity contribution is -0.0690. The Labute approximate surface area is 130 Å². The number of nitrogens with zero attached hydrogens (tertiary/aromatic N) is 1. The van der Waals surface area contributed by atoms with Gasteiger partial charge in [0.1, 0.15) is 5.01 Å². The molecule has 1 aliphatic heterocycles. The van der Waals surface area contributed by atoms with Crippen molar-refractivity contribution >= 4 is 17.4 Å². The van der Waals surface area contributed by atoms with Crippen LogP contribution >= 0.6 is 11.3 Å². The molecule has 1 aromatic heterocycles. The van der Waals surface area contributed by atoms with Gasteiger partial charge in [-0.15, -0.1) is 11.3 Å². The van der Waals surface area contributed by atoms with Crippen LogP contribution in [0.5, 0.6) is 0 Å². The quantitative estimate of drug-likeness (QED) is 0.899. The summed E-state index contributed by atoms with van der Waals surface area (Å²) in [4.78, 5) is 17.6. The zero-order chi connectivity index (χ0) is 15.7. The molecule has 0 saturated carbocycles. The number of carbonyl (C=O) groups excluding carboxylic acids is 1. The molecule has 1 aliphatic rings. The SMILES string of the molecule is CCc1cnc(CNC(=O)N[C@H]2CC(C)(C)OC2(C)C)s1. The number of amides is 2. The van der Waals surface area contributed by atoms with Crippen molar-refractivity contribution < 1.29 is 9.53 Å². The van der Waals surface area contributed by atoms with Crippen molar-refractivity contribution in [2.45, 2.75) is 71.2 Å². The maximum absolute atomic E-state index is 12.0. The van der Waals surface area contributed by atoms with Gasteiger partial charge >= 0.3 is 6.03 Å². The number of nitrogens with one attached hydrogen (secondary N) is 2. The molecule has 2 N–H and O–H groups in total. The van der Waals surface area contributed by atoms with Gasteiger partial charge in [-0.3, -0.25) is 0 Å². The van der Waals surface area contributed by atoms with Crippen LogP contribution in [0.3, 0.4) is 0 Å². The number of thiazole rings is 1. The summed E-state index contributed by atoms with van der Waals surface area (Å²) in [5.41, 5.74) is -0.551. The minimum absolute atomic E-state index is 0.00926. The van der Waals surface area contributed by atoms with Gasteiger partial charge < -0.3 is 15.4 Å². The van der Waals surface area contributed by atoms with Crippen LogP contribution in [0, 0.1) is 0 Å². The highest BCUT2D eigenvalue weighted by atomic mass is 32.1. The van der Waals surface area contributed by atoms with Gasteiger partial charge in [0, 0.05) is 11.1 Å². The Hall–Kier alpha value is -1.14. The lowest BCUT2D eigenvalue weighted by atomic mass is 9.95. The van der Waals surface area contributed by atoms with Crippen molar-refractivity contribution in [3.05, 3.63) is 16.1 Å². The van der Waals surface area contributed by atoms with Gasteiger partial charge in [-0.2, -0.15) is 0 Å². The van der Waals surface area contributed by atoms with E-state index in [2.05, 4.69) is 36.4 Å². The van der Waals surface area contributed by atoms with Gasteiger partial charge in [0.2, 0.25) is 0 Å². The van der Waals surface area contributed by atoms with Gasteiger partial charge in [0.15, 0.2) is 0 Å². The highest BCUT2D eigenvalue weighted by Gasteiger charge is 2.46. The summed E-state index contributed by atoms with van der Waals surface area (Å²) in [6.45, 7) is 10.7. The zero-order valence-corrected chi connectivity index (χ0v) is 14.3. The zero-order valence-electron chi connectivity index (χ0n) is 13.4. The molecule has 21 heavy (non-hydrogen) atoms. The molecule has 0 aromatic carbocycles. The number of ether oxygens (including phenoxy) is 1. The molecule has 2 rings (SSSR count). The van der Waals surface area contributed by atoms with Gasteiger partial charge in [0.25, 0.3) is 0 Å².